The van der Waals surface area contributed by atoms with Gasteiger partial charge in [-0.2, -0.15) is 13.2 Å². The smallest absolute Gasteiger partial charge is 0.434 e. The Labute approximate surface area is 287 Å². The molecule has 1 aliphatic rings. The van der Waals surface area contributed by atoms with Crippen molar-refractivity contribution in [2.75, 3.05) is 65.5 Å². The van der Waals surface area contributed by atoms with Crippen LogP contribution >= 0.6 is 11.3 Å². The number of benzene rings is 1. The molecule has 0 radical (unpaired) electrons. The third-order valence-corrected chi connectivity index (χ3v) is 8.91. The molecule has 4 aromatic rings. The number of hydrogen-bond acceptors (Lipinski definition) is 9. The van der Waals surface area contributed by atoms with Crippen LogP contribution in [0.5, 0.6) is 0 Å². The van der Waals surface area contributed by atoms with Gasteiger partial charge in [-0.1, -0.05) is 6.07 Å². The second kappa shape index (κ2) is 15.2. The predicted molar refractivity (Wildman–Crippen MR) is 179 cm³/mol. The van der Waals surface area contributed by atoms with Gasteiger partial charge < -0.3 is 34.3 Å². The number of carboxylic acid groups (broad SMARTS) is 1. The Morgan fingerprint density at radius 1 is 1.04 bits per heavy atom. The number of fused-ring (bicyclic) bond motifs is 1. The molecular weight excluding hydrogens is 683 g/mol. The predicted octanol–water partition coefficient (Wildman–Crippen LogP) is 4.62. The molecule has 1 aromatic carbocycles. The van der Waals surface area contributed by atoms with Crippen molar-refractivity contribution in [3.63, 3.8) is 0 Å². The lowest BCUT2D eigenvalue weighted by molar-refractivity contribution is -0.140. The molecule has 1 saturated heterocycles. The maximum Gasteiger partial charge on any atom is 0.434 e. The molecule has 18 heteroatoms. The molecule has 4 amide bonds. The van der Waals surface area contributed by atoms with Gasteiger partial charge in [0.1, 0.15) is 16.4 Å². The number of amides is 4. The lowest BCUT2D eigenvalue weighted by Crippen LogP contribution is -2.51. The highest BCUT2D eigenvalue weighted by atomic mass is 32.1. The van der Waals surface area contributed by atoms with Crippen LogP contribution in [0.3, 0.4) is 0 Å². The second-order valence-electron chi connectivity index (χ2n) is 11.3. The first-order valence-corrected chi connectivity index (χ1v) is 16.3. The zero-order valence-corrected chi connectivity index (χ0v) is 28.1. The quantitative estimate of drug-likeness (QED) is 0.212. The van der Waals surface area contributed by atoms with Crippen molar-refractivity contribution in [2.24, 2.45) is 0 Å². The summed E-state index contributed by atoms with van der Waals surface area (Å²) in [6.07, 6.45) is -2.99. The summed E-state index contributed by atoms with van der Waals surface area (Å²) in [6, 6.07) is 5.20. The zero-order valence-electron chi connectivity index (χ0n) is 27.2. The summed E-state index contributed by atoms with van der Waals surface area (Å²) in [5.41, 5.74) is -0.509. The third kappa shape index (κ3) is 7.71. The van der Waals surface area contributed by atoms with Crippen molar-refractivity contribution in [3.8, 4) is 21.7 Å². The molecule has 14 nitrogen and oxygen atoms in total. The molecule has 5 rings (SSSR count). The maximum atomic E-state index is 14.1. The molecule has 1 fully saturated rings. The number of methoxy groups -OCH3 is 2. The Kier molecular flexibility index (Phi) is 11.0. The third-order valence-electron chi connectivity index (χ3n) is 8.03. The summed E-state index contributed by atoms with van der Waals surface area (Å²) in [5, 5.41) is 15.4. The minimum absolute atomic E-state index is 0.00383. The minimum Gasteiger partial charge on any atom is -0.465 e. The molecule has 4 heterocycles. The number of aromatic nitrogens is 3. The molecule has 0 bridgehead atoms. The van der Waals surface area contributed by atoms with Gasteiger partial charge in [0.05, 0.1) is 24.8 Å². The first-order valence-electron chi connectivity index (χ1n) is 15.4. The van der Waals surface area contributed by atoms with Crippen LogP contribution < -0.4 is 16.1 Å². The van der Waals surface area contributed by atoms with Gasteiger partial charge in [-0.3, -0.25) is 14.9 Å². The molecule has 0 unspecified atom stereocenters. The SMILES string of the molecule is CCNC(=O)Nc1cc(-c2nc(C(F)(F)F)cs2)c(-c2ccc3c(c2)c(=O)c(C(=O)N2CCN(C(=O)O)CC2)cn3C(COC)COC)cn1. The number of anilines is 1. The molecule has 0 saturated carbocycles. The number of alkyl halides is 3. The van der Waals surface area contributed by atoms with E-state index in [-0.39, 0.29) is 66.7 Å². The van der Waals surface area contributed by atoms with Crippen molar-refractivity contribution < 1.29 is 42.1 Å². The summed E-state index contributed by atoms with van der Waals surface area (Å²) >= 11 is 0.753. The van der Waals surface area contributed by atoms with Crippen molar-refractivity contribution >= 4 is 46.1 Å². The van der Waals surface area contributed by atoms with Gasteiger partial charge in [0, 0.05) is 81.2 Å². The van der Waals surface area contributed by atoms with E-state index in [0.717, 1.165) is 16.7 Å². The first-order chi connectivity index (χ1) is 23.9. The number of ether oxygens (including phenoxy) is 2. The molecule has 3 N–H and O–H groups in total. The van der Waals surface area contributed by atoms with Crippen LogP contribution in [0.4, 0.5) is 28.6 Å². The van der Waals surface area contributed by atoms with Gasteiger partial charge >= 0.3 is 18.3 Å². The Hall–Kier alpha value is -5.07. The van der Waals surface area contributed by atoms with Gasteiger partial charge in [-0.25, -0.2) is 19.6 Å². The van der Waals surface area contributed by atoms with E-state index in [9.17, 15) is 37.5 Å². The number of thiazole rings is 1. The highest BCUT2D eigenvalue weighted by Gasteiger charge is 2.34. The number of carbonyl (C=O) groups excluding carboxylic acids is 2. The van der Waals surface area contributed by atoms with Crippen LogP contribution in [-0.2, 0) is 15.7 Å². The normalized spacial score (nSPS) is 13.6. The maximum absolute atomic E-state index is 14.1. The topological polar surface area (TPSA) is 168 Å². The molecular formula is C32H34F3N7O7S. The van der Waals surface area contributed by atoms with Gasteiger partial charge in [0.2, 0.25) is 5.43 Å². The number of carbonyl (C=O) groups is 3. The van der Waals surface area contributed by atoms with Crippen molar-refractivity contribution in [1.82, 2.24) is 29.7 Å². The standard InChI is InChI=1S/C32H34F3N7O7S/c1-4-36-30(45)39-26-12-20(28-38-25(17-50-28)32(33,34)35)22(13-37-26)18-5-6-24-21(11-18)27(43)23(14-42(24)19(15-48-2)16-49-3)29(44)40-7-9-41(10-8-40)31(46)47/h5-6,11-14,17,19H,4,7-10,15-16H2,1-3H3,(H,46,47)(H2,36,37,39,45). The highest BCUT2D eigenvalue weighted by Crippen LogP contribution is 2.39. The van der Waals surface area contributed by atoms with E-state index >= 15 is 0 Å². The average molecular weight is 718 g/mol. The Bertz CT molecular complexity index is 1950. The number of rotatable bonds is 10. The Morgan fingerprint density at radius 2 is 1.72 bits per heavy atom. The summed E-state index contributed by atoms with van der Waals surface area (Å²) in [5.74, 6) is -0.528. The first kappa shape index (κ1) is 36.2. The van der Waals surface area contributed by atoms with Crippen LogP contribution in [-0.4, -0.2) is 108 Å². The number of pyridine rings is 2. The molecule has 0 aliphatic carbocycles. The van der Waals surface area contributed by atoms with Crippen molar-refractivity contribution in [1.29, 1.82) is 0 Å². The fourth-order valence-electron chi connectivity index (χ4n) is 5.62. The lowest BCUT2D eigenvalue weighted by atomic mass is 9.98. The number of nitrogens with zero attached hydrogens (tertiary/aromatic N) is 5. The zero-order chi connectivity index (χ0) is 36.2. The van der Waals surface area contributed by atoms with Gasteiger partial charge in [-0.15, -0.1) is 11.3 Å². The molecule has 266 valence electrons. The number of piperazine rings is 1. The number of halogens is 3. The summed E-state index contributed by atoms with van der Waals surface area (Å²) in [6.45, 7) is 2.70. The van der Waals surface area contributed by atoms with Gasteiger partial charge in [-0.05, 0) is 30.7 Å². The fourth-order valence-corrected chi connectivity index (χ4v) is 6.48. The second-order valence-corrected chi connectivity index (χ2v) is 12.1. The van der Waals surface area contributed by atoms with Crippen LogP contribution in [0, 0.1) is 0 Å². The van der Waals surface area contributed by atoms with E-state index in [2.05, 4.69) is 20.6 Å². The molecule has 1 aliphatic heterocycles. The lowest BCUT2D eigenvalue weighted by Gasteiger charge is -2.33. The van der Waals surface area contributed by atoms with Crippen LogP contribution in [0.1, 0.15) is 29.0 Å². The highest BCUT2D eigenvalue weighted by molar-refractivity contribution is 7.13. The molecule has 0 spiro atoms. The van der Waals surface area contributed by atoms with Crippen LogP contribution in [0.2, 0.25) is 0 Å². The summed E-state index contributed by atoms with van der Waals surface area (Å²) < 4.78 is 53.2. The van der Waals surface area contributed by atoms with E-state index in [4.69, 9.17) is 9.47 Å². The van der Waals surface area contributed by atoms with Gasteiger partial charge in [0.15, 0.2) is 5.69 Å². The Morgan fingerprint density at radius 3 is 2.32 bits per heavy atom. The monoisotopic (exact) mass is 717 g/mol. The molecule has 3 aromatic heterocycles. The van der Waals surface area contributed by atoms with E-state index in [1.165, 1.54) is 48.5 Å². The van der Waals surface area contributed by atoms with Gasteiger partial charge in [0.25, 0.3) is 5.91 Å². The van der Waals surface area contributed by atoms with Crippen molar-refractivity contribution in [2.45, 2.75) is 19.1 Å². The molecule has 0 atom stereocenters. The molecule has 50 heavy (non-hydrogen) atoms. The number of nitrogens with one attached hydrogen (secondary N) is 2. The van der Waals surface area contributed by atoms with Crippen molar-refractivity contribution in [3.05, 3.63) is 63.5 Å². The van der Waals surface area contributed by atoms with E-state index in [1.807, 2.05) is 0 Å². The largest absolute Gasteiger partial charge is 0.465 e. The van der Waals surface area contributed by atoms with E-state index in [1.54, 1.807) is 23.6 Å². The van der Waals surface area contributed by atoms with E-state index in [0.29, 0.717) is 23.2 Å². The van der Waals surface area contributed by atoms with Crippen LogP contribution in [0.25, 0.3) is 32.6 Å². The number of hydrogen-bond donors (Lipinski definition) is 3. The summed E-state index contributed by atoms with van der Waals surface area (Å²) in [4.78, 5) is 62.3. The Balaban J connectivity index is 1.67. The average Bonchev–Trinajstić information content (AvgIpc) is 3.60. The number of urea groups is 1. The van der Waals surface area contributed by atoms with Crippen LogP contribution in [0.15, 0.2) is 46.8 Å². The minimum atomic E-state index is -4.69. The van der Waals surface area contributed by atoms with E-state index < -0.39 is 41.4 Å². The fraction of sp³-hybridized carbons (Fsp3) is 0.375. The summed E-state index contributed by atoms with van der Waals surface area (Å²) in [7, 11) is 3.00.